The van der Waals surface area contributed by atoms with Gasteiger partial charge in [-0.3, -0.25) is 4.79 Å². The lowest BCUT2D eigenvalue weighted by Gasteiger charge is -2.02. The lowest BCUT2D eigenvalue weighted by atomic mass is 10.1. The van der Waals surface area contributed by atoms with Gasteiger partial charge in [0.05, 0.1) is 16.1 Å². The Balaban J connectivity index is 3.06. The Kier molecular flexibility index (Phi) is 3.64. The lowest BCUT2D eigenvalue weighted by molar-refractivity contribution is -0.114. The standard InChI is InChI=1S/C10H10N3O2S/c1-16(15,13-7-11)9-4-2-8(3-5-9)6-10(12)14/h2-6H,1H3,(H2,12,14). The molecule has 16 heavy (non-hydrogen) atoms. The van der Waals surface area contributed by atoms with E-state index in [-0.39, 0.29) is 0 Å². The molecule has 0 spiro atoms. The highest BCUT2D eigenvalue weighted by Crippen LogP contribution is 2.13. The summed E-state index contributed by atoms with van der Waals surface area (Å²) in [7, 11) is -2.67. The molecular formula is C10H10N3O2S. The zero-order valence-electron chi connectivity index (χ0n) is 8.58. The smallest absolute Gasteiger partial charge is 0.226 e. The van der Waals surface area contributed by atoms with Gasteiger partial charge < -0.3 is 5.73 Å². The van der Waals surface area contributed by atoms with E-state index in [1.165, 1.54) is 18.9 Å². The Hall–Kier alpha value is -1.87. The summed E-state index contributed by atoms with van der Waals surface area (Å²) >= 11 is 0. The van der Waals surface area contributed by atoms with Crippen LogP contribution in [0.2, 0.25) is 0 Å². The maximum Gasteiger partial charge on any atom is 0.226 e. The molecule has 1 rings (SSSR count). The zero-order chi connectivity index (χ0) is 12.2. The molecular weight excluding hydrogens is 226 g/mol. The normalized spacial score (nSPS) is 13.5. The summed E-state index contributed by atoms with van der Waals surface area (Å²) in [6, 6.07) is 6.29. The van der Waals surface area contributed by atoms with Gasteiger partial charge in [-0.25, -0.2) is 4.21 Å². The molecule has 1 atom stereocenters. The van der Waals surface area contributed by atoms with Crippen molar-refractivity contribution < 1.29 is 9.00 Å². The van der Waals surface area contributed by atoms with E-state index in [0.717, 1.165) is 0 Å². The van der Waals surface area contributed by atoms with Gasteiger partial charge in [-0.2, -0.15) is 5.26 Å². The van der Waals surface area contributed by atoms with Gasteiger partial charge in [0, 0.05) is 11.2 Å². The molecule has 83 valence electrons. The number of amides is 1. The van der Waals surface area contributed by atoms with Crippen molar-refractivity contribution >= 4 is 15.6 Å². The zero-order valence-corrected chi connectivity index (χ0v) is 9.40. The molecule has 0 saturated carbocycles. The van der Waals surface area contributed by atoms with Crippen molar-refractivity contribution in [1.29, 1.82) is 5.26 Å². The summed E-state index contributed by atoms with van der Waals surface area (Å²) in [6.07, 6.45) is 4.15. The fraction of sp³-hybridized carbons (Fsp3) is 0.100. The van der Waals surface area contributed by atoms with Gasteiger partial charge in [0.25, 0.3) is 0 Å². The second-order valence-corrected chi connectivity index (χ2v) is 5.37. The van der Waals surface area contributed by atoms with Gasteiger partial charge in [-0.05, 0) is 17.7 Å². The number of nitrogens with two attached hydrogens (primary N) is 1. The minimum absolute atomic E-state index is 0.440. The first-order valence-corrected chi connectivity index (χ1v) is 6.22. The molecule has 0 aliphatic heterocycles. The molecule has 1 unspecified atom stereocenters. The van der Waals surface area contributed by atoms with Gasteiger partial charge in [-0.15, -0.1) is 4.36 Å². The van der Waals surface area contributed by atoms with Crippen LogP contribution in [0.1, 0.15) is 5.56 Å². The molecule has 1 aromatic carbocycles. The number of carbonyl (C=O) groups is 1. The Morgan fingerprint density at radius 1 is 1.50 bits per heavy atom. The summed E-state index contributed by atoms with van der Waals surface area (Å²) in [5, 5.41) is 8.37. The topological polar surface area (TPSA) is 96.3 Å². The molecule has 0 aliphatic carbocycles. The molecule has 0 saturated heterocycles. The molecule has 1 amide bonds. The fourth-order valence-corrected chi connectivity index (χ4v) is 2.01. The number of hydrogen-bond donors (Lipinski definition) is 1. The fourth-order valence-electron chi connectivity index (χ4n) is 1.11. The Morgan fingerprint density at radius 3 is 2.50 bits per heavy atom. The van der Waals surface area contributed by atoms with Crippen molar-refractivity contribution in [2.75, 3.05) is 6.26 Å². The highest BCUT2D eigenvalue weighted by molar-refractivity contribution is 7.93. The van der Waals surface area contributed by atoms with Crippen LogP contribution in [0.25, 0.3) is 0 Å². The second kappa shape index (κ2) is 4.77. The molecule has 0 fully saturated rings. The van der Waals surface area contributed by atoms with Gasteiger partial charge in [0.1, 0.15) is 0 Å². The van der Waals surface area contributed by atoms with Crippen LogP contribution in [0.5, 0.6) is 0 Å². The van der Waals surface area contributed by atoms with Crippen molar-refractivity contribution in [2.24, 2.45) is 10.1 Å². The van der Waals surface area contributed by atoms with E-state index < -0.39 is 15.6 Å². The molecule has 5 nitrogen and oxygen atoms in total. The van der Waals surface area contributed by atoms with Crippen LogP contribution in [0.4, 0.5) is 0 Å². The van der Waals surface area contributed by atoms with Crippen molar-refractivity contribution in [1.82, 2.24) is 0 Å². The van der Waals surface area contributed by atoms with Crippen LogP contribution in [-0.2, 0) is 14.5 Å². The molecule has 0 heterocycles. The summed E-state index contributed by atoms with van der Waals surface area (Å²) in [5.74, 6) is -0.549. The average molecular weight is 236 g/mol. The first-order chi connectivity index (χ1) is 7.45. The molecule has 6 heteroatoms. The number of carbonyl (C=O) groups excluding carboxylic acids is 1. The molecule has 1 radical (unpaired) electrons. The number of benzene rings is 1. The first-order valence-electron chi connectivity index (χ1n) is 4.30. The van der Waals surface area contributed by atoms with Crippen molar-refractivity contribution in [3.05, 3.63) is 36.2 Å². The van der Waals surface area contributed by atoms with Gasteiger partial charge in [0.15, 0.2) is 0 Å². The van der Waals surface area contributed by atoms with E-state index in [1.54, 1.807) is 24.3 Å². The third kappa shape index (κ3) is 3.07. The lowest BCUT2D eigenvalue weighted by Crippen LogP contribution is -2.11. The predicted molar refractivity (Wildman–Crippen MR) is 59.4 cm³/mol. The van der Waals surface area contributed by atoms with E-state index in [9.17, 15) is 9.00 Å². The average Bonchev–Trinajstić information content (AvgIpc) is 2.17. The number of rotatable bonds is 3. The second-order valence-electron chi connectivity index (χ2n) is 3.11. The van der Waals surface area contributed by atoms with E-state index in [0.29, 0.717) is 10.5 Å². The van der Waals surface area contributed by atoms with Crippen molar-refractivity contribution in [2.45, 2.75) is 4.90 Å². The summed E-state index contributed by atoms with van der Waals surface area (Å²) in [5.41, 5.74) is 5.60. The highest BCUT2D eigenvalue weighted by Gasteiger charge is 2.06. The van der Waals surface area contributed by atoms with Crippen molar-refractivity contribution in [3.63, 3.8) is 0 Å². The van der Waals surface area contributed by atoms with Crippen LogP contribution in [-0.4, -0.2) is 16.4 Å². The number of primary amides is 1. The SMILES string of the molecule is CS(=O)(=NC#N)c1ccc([CH]C(N)=O)cc1. The van der Waals surface area contributed by atoms with Gasteiger partial charge in [0.2, 0.25) is 12.1 Å². The van der Waals surface area contributed by atoms with Crippen LogP contribution in [0, 0.1) is 17.9 Å². The maximum absolute atomic E-state index is 11.8. The Labute approximate surface area is 94.1 Å². The number of hydrogen-bond acceptors (Lipinski definition) is 4. The van der Waals surface area contributed by atoms with Crippen molar-refractivity contribution in [3.8, 4) is 6.19 Å². The largest absolute Gasteiger partial charge is 0.369 e. The number of nitrogens with zero attached hydrogens (tertiary/aromatic N) is 2. The predicted octanol–water partition coefficient (Wildman–Crippen LogP) is 0.662. The van der Waals surface area contributed by atoms with E-state index in [4.69, 9.17) is 11.0 Å². The Bertz CT molecular complexity index is 548. The minimum Gasteiger partial charge on any atom is -0.369 e. The molecule has 0 aromatic heterocycles. The van der Waals surface area contributed by atoms with Gasteiger partial charge in [-0.1, -0.05) is 12.1 Å². The van der Waals surface area contributed by atoms with Crippen LogP contribution in [0.3, 0.4) is 0 Å². The quantitative estimate of drug-likeness (QED) is 0.781. The minimum atomic E-state index is -2.67. The van der Waals surface area contributed by atoms with Crippen LogP contribution in [0.15, 0.2) is 33.5 Å². The molecule has 2 N–H and O–H groups in total. The highest BCUT2D eigenvalue weighted by atomic mass is 32.2. The number of nitriles is 1. The molecule has 0 aliphatic rings. The van der Waals surface area contributed by atoms with E-state index >= 15 is 0 Å². The van der Waals surface area contributed by atoms with E-state index in [2.05, 4.69) is 4.36 Å². The van der Waals surface area contributed by atoms with Gasteiger partial charge >= 0.3 is 0 Å². The first kappa shape index (κ1) is 12.2. The van der Waals surface area contributed by atoms with Crippen LogP contribution < -0.4 is 5.73 Å². The third-order valence-corrected chi connectivity index (χ3v) is 3.42. The monoisotopic (exact) mass is 236 g/mol. The maximum atomic E-state index is 11.8. The summed E-state index contributed by atoms with van der Waals surface area (Å²) < 4.78 is 15.2. The molecule has 0 bridgehead atoms. The third-order valence-electron chi connectivity index (χ3n) is 1.84. The van der Waals surface area contributed by atoms with Crippen LogP contribution >= 0.6 is 0 Å². The van der Waals surface area contributed by atoms with E-state index in [1.807, 2.05) is 0 Å². The summed E-state index contributed by atoms with van der Waals surface area (Å²) in [4.78, 5) is 11.0. The molecule has 1 aromatic rings. The Morgan fingerprint density at radius 2 is 2.06 bits per heavy atom. The summed E-state index contributed by atoms with van der Waals surface area (Å²) in [6.45, 7) is 0.